The van der Waals surface area contributed by atoms with Crippen molar-refractivity contribution in [3.8, 4) is 11.3 Å². The molecule has 5 nitrogen and oxygen atoms in total. The molecule has 2 N–H and O–H groups in total. The minimum absolute atomic E-state index is 0.558. The van der Waals surface area contributed by atoms with Crippen LogP contribution in [0.5, 0.6) is 0 Å². The van der Waals surface area contributed by atoms with E-state index in [0.29, 0.717) is 5.82 Å². The van der Waals surface area contributed by atoms with Crippen molar-refractivity contribution in [1.82, 2.24) is 19.7 Å². The van der Waals surface area contributed by atoms with Gasteiger partial charge in [-0.15, -0.1) is 0 Å². The van der Waals surface area contributed by atoms with Crippen LogP contribution in [0.15, 0.2) is 12.4 Å². The molecule has 0 radical (unpaired) electrons. The van der Waals surface area contributed by atoms with Crippen LogP contribution in [0.1, 0.15) is 24.7 Å². The van der Waals surface area contributed by atoms with E-state index in [4.69, 9.17) is 5.73 Å². The average molecular weight is 231 g/mol. The van der Waals surface area contributed by atoms with Crippen LogP contribution in [-0.4, -0.2) is 19.7 Å². The van der Waals surface area contributed by atoms with E-state index in [-0.39, 0.29) is 0 Å². The summed E-state index contributed by atoms with van der Waals surface area (Å²) >= 11 is 0. The van der Waals surface area contributed by atoms with Gasteiger partial charge in [-0.2, -0.15) is 5.10 Å². The Morgan fingerprint density at radius 3 is 2.71 bits per heavy atom. The highest BCUT2D eigenvalue weighted by Crippen LogP contribution is 2.23. The van der Waals surface area contributed by atoms with Crippen LogP contribution in [-0.2, 0) is 13.5 Å². The van der Waals surface area contributed by atoms with Crippen molar-refractivity contribution < 1.29 is 0 Å². The lowest BCUT2D eigenvalue weighted by atomic mass is 10.1. The average Bonchev–Trinajstić information content (AvgIpc) is 2.70. The number of aromatic nitrogens is 4. The second-order valence-corrected chi connectivity index (χ2v) is 4.15. The van der Waals surface area contributed by atoms with Crippen molar-refractivity contribution in [2.75, 3.05) is 5.73 Å². The number of aryl methyl sites for hydroxylation is 2. The van der Waals surface area contributed by atoms with Gasteiger partial charge in [-0.3, -0.25) is 4.68 Å². The Labute approximate surface area is 101 Å². The fourth-order valence-corrected chi connectivity index (χ4v) is 1.74. The van der Waals surface area contributed by atoms with Crippen molar-refractivity contribution in [3.05, 3.63) is 23.8 Å². The van der Waals surface area contributed by atoms with E-state index < -0.39 is 0 Å². The summed E-state index contributed by atoms with van der Waals surface area (Å²) in [4.78, 5) is 8.86. The Morgan fingerprint density at radius 1 is 1.35 bits per heavy atom. The number of nitrogen functional groups attached to an aromatic ring is 1. The maximum atomic E-state index is 5.92. The van der Waals surface area contributed by atoms with Crippen molar-refractivity contribution >= 4 is 5.82 Å². The first-order chi connectivity index (χ1) is 8.11. The molecule has 90 valence electrons. The molecule has 0 saturated carbocycles. The van der Waals surface area contributed by atoms with Gasteiger partial charge in [0.2, 0.25) is 0 Å². The molecule has 2 aromatic rings. The van der Waals surface area contributed by atoms with Crippen LogP contribution in [0.4, 0.5) is 5.82 Å². The van der Waals surface area contributed by atoms with Gasteiger partial charge >= 0.3 is 0 Å². The summed E-state index contributed by atoms with van der Waals surface area (Å²) in [5.74, 6) is 1.36. The zero-order valence-electron chi connectivity index (χ0n) is 10.4. The third-order valence-corrected chi connectivity index (χ3v) is 2.68. The molecule has 0 atom stereocenters. The number of anilines is 1. The quantitative estimate of drug-likeness (QED) is 0.873. The molecular formula is C12H17N5. The van der Waals surface area contributed by atoms with E-state index >= 15 is 0 Å². The normalized spacial score (nSPS) is 10.8. The summed E-state index contributed by atoms with van der Waals surface area (Å²) in [6.07, 6.45) is 5.59. The third-order valence-electron chi connectivity index (χ3n) is 2.68. The van der Waals surface area contributed by atoms with E-state index in [9.17, 15) is 0 Å². The van der Waals surface area contributed by atoms with E-state index in [1.165, 1.54) is 0 Å². The van der Waals surface area contributed by atoms with E-state index in [1.54, 1.807) is 10.9 Å². The van der Waals surface area contributed by atoms with Crippen molar-refractivity contribution in [2.45, 2.75) is 26.7 Å². The summed E-state index contributed by atoms with van der Waals surface area (Å²) < 4.78 is 1.76. The number of hydrogen-bond donors (Lipinski definition) is 1. The van der Waals surface area contributed by atoms with E-state index in [1.807, 2.05) is 20.2 Å². The molecule has 2 rings (SSSR count). The lowest BCUT2D eigenvalue weighted by molar-refractivity contribution is 0.768. The van der Waals surface area contributed by atoms with E-state index in [2.05, 4.69) is 22.0 Å². The monoisotopic (exact) mass is 231 g/mol. The second kappa shape index (κ2) is 4.53. The van der Waals surface area contributed by atoms with Gasteiger partial charge in [0, 0.05) is 30.8 Å². The molecule has 0 aliphatic rings. The first-order valence-corrected chi connectivity index (χ1v) is 5.73. The Bertz CT molecular complexity index is 530. The number of rotatable bonds is 3. The SMILES string of the molecule is CCCc1nc(N)c(C)c(-c2cnn(C)c2)n1. The third kappa shape index (κ3) is 2.27. The Kier molecular flexibility index (Phi) is 3.08. The lowest BCUT2D eigenvalue weighted by Gasteiger charge is -2.08. The minimum atomic E-state index is 0.558. The highest BCUT2D eigenvalue weighted by molar-refractivity contribution is 5.65. The van der Waals surface area contributed by atoms with Gasteiger partial charge in [-0.25, -0.2) is 9.97 Å². The Morgan fingerprint density at radius 2 is 2.12 bits per heavy atom. The smallest absolute Gasteiger partial charge is 0.131 e. The molecule has 0 aliphatic heterocycles. The molecular weight excluding hydrogens is 214 g/mol. The predicted molar refractivity (Wildman–Crippen MR) is 67.4 cm³/mol. The maximum Gasteiger partial charge on any atom is 0.131 e. The van der Waals surface area contributed by atoms with Crippen LogP contribution in [0, 0.1) is 6.92 Å². The highest BCUT2D eigenvalue weighted by atomic mass is 15.2. The second-order valence-electron chi connectivity index (χ2n) is 4.15. The fourth-order valence-electron chi connectivity index (χ4n) is 1.74. The van der Waals surface area contributed by atoms with E-state index in [0.717, 1.165) is 35.5 Å². The van der Waals surface area contributed by atoms with Crippen LogP contribution >= 0.6 is 0 Å². The van der Waals surface area contributed by atoms with Gasteiger partial charge in [0.25, 0.3) is 0 Å². The summed E-state index contributed by atoms with van der Waals surface area (Å²) in [5, 5.41) is 4.15. The van der Waals surface area contributed by atoms with Crippen molar-refractivity contribution in [2.24, 2.45) is 7.05 Å². The Hall–Kier alpha value is -1.91. The molecule has 2 aromatic heterocycles. The zero-order chi connectivity index (χ0) is 12.4. The van der Waals surface area contributed by atoms with Crippen molar-refractivity contribution in [1.29, 1.82) is 0 Å². The topological polar surface area (TPSA) is 69.6 Å². The van der Waals surface area contributed by atoms with Gasteiger partial charge < -0.3 is 5.73 Å². The van der Waals surface area contributed by atoms with Gasteiger partial charge in [-0.05, 0) is 13.3 Å². The first-order valence-electron chi connectivity index (χ1n) is 5.73. The molecule has 0 bridgehead atoms. The Balaban J connectivity index is 2.52. The molecule has 0 fully saturated rings. The molecule has 2 heterocycles. The van der Waals surface area contributed by atoms with Crippen LogP contribution in [0.2, 0.25) is 0 Å². The number of nitrogens with zero attached hydrogens (tertiary/aromatic N) is 4. The molecule has 17 heavy (non-hydrogen) atoms. The minimum Gasteiger partial charge on any atom is -0.383 e. The molecule has 0 aliphatic carbocycles. The summed E-state index contributed by atoms with van der Waals surface area (Å²) in [5.41, 5.74) is 8.70. The summed E-state index contributed by atoms with van der Waals surface area (Å²) in [7, 11) is 1.89. The van der Waals surface area contributed by atoms with Gasteiger partial charge in [-0.1, -0.05) is 6.92 Å². The molecule has 0 unspecified atom stereocenters. The number of hydrogen-bond acceptors (Lipinski definition) is 4. The molecule has 0 spiro atoms. The predicted octanol–water partition coefficient (Wildman–Crippen LogP) is 1.72. The first kappa shape index (κ1) is 11.6. The summed E-state index contributed by atoms with van der Waals surface area (Å²) in [6, 6.07) is 0. The van der Waals surface area contributed by atoms with Crippen molar-refractivity contribution in [3.63, 3.8) is 0 Å². The van der Waals surface area contributed by atoms with Gasteiger partial charge in [0.1, 0.15) is 11.6 Å². The standard InChI is InChI=1S/C12H17N5/c1-4-5-10-15-11(8(2)12(13)16-10)9-6-14-17(3)7-9/h6-7H,4-5H2,1-3H3,(H2,13,15,16). The van der Waals surface area contributed by atoms with Crippen LogP contribution in [0.3, 0.4) is 0 Å². The summed E-state index contributed by atoms with van der Waals surface area (Å²) in [6.45, 7) is 4.04. The lowest BCUT2D eigenvalue weighted by Crippen LogP contribution is -2.04. The van der Waals surface area contributed by atoms with Crippen LogP contribution < -0.4 is 5.73 Å². The maximum absolute atomic E-state index is 5.92. The fraction of sp³-hybridized carbons (Fsp3) is 0.417. The molecule has 0 amide bonds. The largest absolute Gasteiger partial charge is 0.383 e. The molecule has 0 aromatic carbocycles. The number of nitrogens with two attached hydrogens (primary N) is 1. The molecule has 5 heteroatoms. The zero-order valence-corrected chi connectivity index (χ0v) is 10.4. The van der Waals surface area contributed by atoms with Crippen LogP contribution in [0.25, 0.3) is 11.3 Å². The van der Waals surface area contributed by atoms with Gasteiger partial charge in [0.05, 0.1) is 11.9 Å². The molecule has 0 saturated heterocycles. The van der Waals surface area contributed by atoms with Gasteiger partial charge in [0.15, 0.2) is 0 Å². The highest BCUT2D eigenvalue weighted by Gasteiger charge is 2.11.